The average molecular weight is 137 g/mol. The summed E-state index contributed by atoms with van der Waals surface area (Å²) in [7, 11) is 0.611. The summed E-state index contributed by atoms with van der Waals surface area (Å²) < 4.78 is 8.28. The molecule has 0 aliphatic carbocycles. The first-order valence-corrected chi connectivity index (χ1v) is 0.866. The second-order valence-electron chi connectivity index (χ2n) is 0. The molecule has 1 atom stereocenters. The fourth-order valence-electron chi connectivity index (χ4n) is 0. The van der Waals surface area contributed by atoms with Gasteiger partial charge in [0.1, 0.15) is 0 Å². The number of hydrogen-bond acceptors (Lipinski definition) is 1. The third kappa shape index (κ3) is 10.3. The molecule has 0 N–H and O–H groups in total. The molecule has 22 valence electrons. The molecule has 0 radical (unpaired) electrons. The Labute approximate surface area is 49.7 Å². The maximum Gasteiger partial charge on any atom is 1.00 e. The molecule has 0 fully saturated rings. The molecule has 0 saturated heterocycles. The van der Waals surface area contributed by atoms with E-state index < -0.39 is 0 Å². The Bertz CT molecular complexity index is 8.00. The predicted molar refractivity (Wildman–Crippen MR) is 11.8 cm³/mol. The van der Waals surface area contributed by atoms with Gasteiger partial charge in [0.05, 0.1) is 9.12 Å². The molecule has 0 aliphatic rings. The number of rotatable bonds is 0. The topological polar surface area (TPSA) is 17.1 Å². The zero-order chi connectivity index (χ0) is 2.00. The molecule has 0 aromatic heterocycles. The first-order valence-electron chi connectivity index (χ1n) is 0.289. The van der Waals surface area contributed by atoms with Crippen molar-refractivity contribution in [2.75, 3.05) is 0 Å². The van der Waals surface area contributed by atoms with Crippen LogP contribution < -0.4 is 35.8 Å². The molecule has 1 nitrogen and oxygen atoms in total. The molecule has 0 amide bonds. The minimum Gasteiger partial charge on any atom is -1.00 e. The first-order chi connectivity index (χ1) is 1.00. The summed E-state index contributed by atoms with van der Waals surface area (Å²) in [6.45, 7) is 0. The zero-order valence-electron chi connectivity index (χ0n) is 2.49. The van der Waals surface area contributed by atoms with E-state index in [1.165, 1.54) is 0 Å². The van der Waals surface area contributed by atoms with E-state index in [1.54, 1.807) is 0 Å². The third-order valence-electron chi connectivity index (χ3n) is 0. The summed E-state index contributed by atoms with van der Waals surface area (Å²) in [5.74, 6) is 0. The Kier molecular flexibility index (Phi) is 127. The normalized spacial score (nSPS) is 2.00. The van der Waals surface area contributed by atoms with Crippen LogP contribution >= 0.6 is 9.12 Å². The minimum absolute atomic E-state index is 0. The van der Waals surface area contributed by atoms with Crippen molar-refractivity contribution >= 4 is 9.12 Å². The molecule has 4 heavy (non-hydrogen) atoms. The van der Waals surface area contributed by atoms with Crippen LogP contribution in [0.3, 0.4) is 0 Å². The number of hydrogen-bond donors (Lipinski definition) is 0. The Morgan fingerprint density at radius 2 is 1.25 bits per heavy atom. The summed E-state index contributed by atoms with van der Waals surface area (Å²) in [5, 5.41) is 0. The van der Waals surface area contributed by atoms with Gasteiger partial charge in [0.25, 0.3) is 0 Å². The van der Waals surface area contributed by atoms with Crippen LogP contribution in [0.4, 0.5) is 0 Å². The maximum absolute atomic E-state index is 8.28. The maximum atomic E-state index is 8.28. The monoisotopic (exact) mass is 136 g/mol. The van der Waals surface area contributed by atoms with Gasteiger partial charge < -0.3 is 21.5 Å². The quantitative estimate of drug-likeness (QED) is 0.240. The van der Waals surface area contributed by atoms with Gasteiger partial charge in [0, 0.05) is 0 Å². The molecule has 0 rings (SSSR count). The van der Waals surface area contributed by atoms with E-state index in [9.17, 15) is 0 Å². The van der Waals surface area contributed by atoms with Gasteiger partial charge in [-0.3, -0.25) is 0 Å². The Balaban J connectivity index is -0.00000000500. The average Bonchev–Trinajstić information content (AvgIpc) is 1.00. The molecule has 4 heteroatoms. The molecular weight excluding hydrogens is 134 g/mol. The van der Waals surface area contributed by atoms with Crippen LogP contribution in [0.5, 0.6) is 0 Å². The predicted octanol–water partition coefficient (Wildman–Crippen LogP) is -6.05. The van der Waals surface area contributed by atoms with Crippen molar-refractivity contribution in [2.45, 2.75) is 0 Å². The Morgan fingerprint density at radius 1 is 1.25 bits per heavy atom. The molecule has 0 spiro atoms. The molecule has 0 aromatic rings. The summed E-state index contributed by atoms with van der Waals surface area (Å²) >= 11 is 0. The van der Waals surface area contributed by atoms with Crippen LogP contribution in [0.2, 0.25) is 0 Å². The summed E-state index contributed by atoms with van der Waals surface area (Å²) in [4.78, 5) is 0. The van der Waals surface area contributed by atoms with Crippen LogP contribution in [0.1, 0.15) is 0 Å². The third-order valence-corrected chi connectivity index (χ3v) is 0. The van der Waals surface area contributed by atoms with E-state index in [0.29, 0.717) is 9.12 Å². The van der Waals surface area contributed by atoms with Crippen molar-refractivity contribution in [2.24, 2.45) is 0 Å². The summed E-state index contributed by atoms with van der Waals surface area (Å²) in [6.07, 6.45) is 0. The molecule has 0 bridgehead atoms. The molecule has 0 aromatic carbocycles. The molecule has 0 saturated carbocycles. The first kappa shape index (κ1) is 18.5. The van der Waals surface area contributed by atoms with E-state index in [0.717, 1.165) is 0 Å². The Morgan fingerprint density at radius 3 is 1.25 bits per heavy atom. The second kappa shape index (κ2) is 27.6. The fourth-order valence-corrected chi connectivity index (χ4v) is 0. The van der Waals surface area contributed by atoms with Crippen LogP contribution in [0, 0.1) is 0 Å². The smallest absolute Gasteiger partial charge is 1.00 e. The van der Waals surface area contributed by atoms with E-state index >= 15 is 0 Å². The SMILES string of the molecule is O=[PH3].[Br-].[Li+]. The molecule has 0 heterocycles. The second-order valence-corrected chi connectivity index (χ2v) is 0. The largest absolute Gasteiger partial charge is 1.00 e. The summed E-state index contributed by atoms with van der Waals surface area (Å²) in [5.41, 5.74) is 0. The summed E-state index contributed by atoms with van der Waals surface area (Å²) in [6, 6.07) is 0. The van der Waals surface area contributed by atoms with Gasteiger partial charge in [-0.1, -0.05) is 0 Å². The van der Waals surface area contributed by atoms with Gasteiger partial charge >= 0.3 is 18.9 Å². The fraction of sp³-hybridized carbons (Fsp3) is 0. The van der Waals surface area contributed by atoms with Gasteiger partial charge in [0.15, 0.2) is 0 Å². The van der Waals surface area contributed by atoms with E-state index in [2.05, 4.69) is 0 Å². The standard InChI is InChI=1S/BrH.Li.H3OP/c;;1-2/h1H;;2H3/q;+1;/p-1. The van der Waals surface area contributed by atoms with E-state index in [4.69, 9.17) is 4.57 Å². The van der Waals surface area contributed by atoms with Crippen LogP contribution in [-0.2, 0) is 4.57 Å². The molecule has 0 aliphatic heterocycles. The van der Waals surface area contributed by atoms with Gasteiger partial charge in [-0.25, -0.2) is 0 Å². The van der Waals surface area contributed by atoms with Gasteiger partial charge in [0.2, 0.25) is 0 Å². The van der Waals surface area contributed by atoms with Crippen LogP contribution in [0.25, 0.3) is 0 Å². The van der Waals surface area contributed by atoms with Crippen molar-refractivity contribution in [1.82, 2.24) is 0 Å². The van der Waals surface area contributed by atoms with Gasteiger partial charge in [-0.05, 0) is 0 Å². The van der Waals surface area contributed by atoms with Crippen molar-refractivity contribution in [3.8, 4) is 0 Å². The Hall–Kier alpha value is 1.31. The zero-order valence-corrected chi connectivity index (χ0v) is 5.49. The van der Waals surface area contributed by atoms with Gasteiger partial charge in [-0.2, -0.15) is 0 Å². The van der Waals surface area contributed by atoms with Crippen LogP contribution in [0.15, 0.2) is 0 Å². The van der Waals surface area contributed by atoms with Crippen molar-refractivity contribution < 1.29 is 40.4 Å². The van der Waals surface area contributed by atoms with Crippen molar-refractivity contribution in [3.05, 3.63) is 0 Å². The van der Waals surface area contributed by atoms with E-state index in [-0.39, 0.29) is 35.8 Å². The van der Waals surface area contributed by atoms with E-state index in [1.807, 2.05) is 0 Å². The van der Waals surface area contributed by atoms with Gasteiger partial charge in [-0.15, -0.1) is 0 Å². The minimum atomic E-state index is 0. The van der Waals surface area contributed by atoms with Crippen molar-refractivity contribution in [1.29, 1.82) is 0 Å². The molecular formula is H3BrLiOP. The molecule has 1 unspecified atom stereocenters. The van der Waals surface area contributed by atoms with Crippen LogP contribution in [-0.4, -0.2) is 0 Å². The number of halogens is 1. The van der Waals surface area contributed by atoms with Crippen molar-refractivity contribution in [3.63, 3.8) is 0 Å².